The van der Waals surface area contributed by atoms with Gasteiger partial charge in [-0.3, -0.25) is 4.90 Å². The molecule has 172 valence electrons. The van der Waals surface area contributed by atoms with E-state index in [0.717, 1.165) is 0 Å². The van der Waals surface area contributed by atoms with Gasteiger partial charge in [-0.1, -0.05) is 18.2 Å². The van der Waals surface area contributed by atoms with Gasteiger partial charge in [0, 0.05) is 30.5 Å². The van der Waals surface area contributed by atoms with Crippen molar-refractivity contribution in [3.05, 3.63) is 78.6 Å². The molecule has 3 aromatic rings. The summed E-state index contributed by atoms with van der Waals surface area (Å²) in [6.07, 6.45) is 0. The van der Waals surface area contributed by atoms with E-state index in [9.17, 15) is 14.0 Å². The van der Waals surface area contributed by atoms with E-state index < -0.39 is 17.9 Å². The van der Waals surface area contributed by atoms with Crippen LogP contribution in [0.5, 0.6) is 11.5 Å². The van der Waals surface area contributed by atoms with Crippen molar-refractivity contribution < 1.29 is 23.5 Å². The molecule has 0 saturated carbocycles. The zero-order valence-electron chi connectivity index (χ0n) is 18.3. The number of carbonyl (C=O) groups excluding carboxylic acids is 2. The summed E-state index contributed by atoms with van der Waals surface area (Å²) in [4.78, 5) is 26.7. The number of hydrogen-bond donors (Lipinski definition) is 3. The monoisotopic (exact) mass is 452 g/mol. The number of halogens is 1. The third kappa shape index (κ3) is 6.60. The average Bonchev–Trinajstić information content (AvgIpc) is 2.83. The standard InChI is InChI=1S/C24H25FN4O4/c1-32-20-7-5-6-18(16-20)27-24(31)29(19-12-10-17(25)11-13-19)15-14-26-23(30)28-21-8-3-4-9-22(21)33-2/h3-13,16H,14-15H2,1-2H3,(H,27,31)(H2,26,28,30). The van der Waals surface area contributed by atoms with Crippen LogP contribution in [0.25, 0.3) is 0 Å². The summed E-state index contributed by atoms with van der Waals surface area (Å²) >= 11 is 0. The number of urea groups is 2. The smallest absolute Gasteiger partial charge is 0.326 e. The molecule has 0 spiro atoms. The molecule has 0 fully saturated rings. The van der Waals surface area contributed by atoms with Gasteiger partial charge in [0.2, 0.25) is 0 Å². The first-order chi connectivity index (χ1) is 16.0. The predicted molar refractivity (Wildman–Crippen MR) is 126 cm³/mol. The SMILES string of the molecule is COc1cccc(NC(=O)N(CCNC(=O)Nc2ccccc2OC)c2ccc(F)cc2)c1. The fraction of sp³-hybridized carbons (Fsp3) is 0.167. The van der Waals surface area contributed by atoms with Crippen LogP contribution in [-0.2, 0) is 0 Å². The second kappa shape index (κ2) is 11.4. The molecule has 0 radical (unpaired) electrons. The van der Waals surface area contributed by atoms with E-state index in [1.54, 1.807) is 48.5 Å². The number of rotatable bonds is 8. The van der Waals surface area contributed by atoms with Crippen LogP contribution in [-0.4, -0.2) is 39.4 Å². The minimum absolute atomic E-state index is 0.140. The molecule has 33 heavy (non-hydrogen) atoms. The fourth-order valence-electron chi connectivity index (χ4n) is 3.06. The quantitative estimate of drug-likeness (QED) is 0.462. The molecule has 4 amide bonds. The second-order valence-corrected chi connectivity index (χ2v) is 6.87. The lowest BCUT2D eigenvalue weighted by molar-refractivity contribution is 0.250. The minimum Gasteiger partial charge on any atom is -0.497 e. The Morgan fingerprint density at radius 1 is 0.909 bits per heavy atom. The Hall–Kier alpha value is -4.27. The highest BCUT2D eigenvalue weighted by molar-refractivity contribution is 6.02. The van der Waals surface area contributed by atoms with Gasteiger partial charge in [0.15, 0.2) is 0 Å². The first-order valence-corrected chi connectivity index (χ1v) is 10.2. The summed E-state index contributed by atoms with van der Waals surface area (Å²) in [5.41, 5.74) is 1.53. The number of anilines is 3. The Labute approximate surface area is 191 Å². The zero-order chi connectivity index (χ0) is 23.6. The lowest BCUT2D eigenvalue weighted by Crippen LogP contribution is -2.42. The van der Waals surface area contributed by atoms with Gasteiger partial charge in [0.25, 0.3) is 0 Å². The highest BCUT2D eigenvalue weighted by atomic mass is 19.1. The minimum atomic E-state index is -0.452. The molecule has 0 aliphatic heterocycles. The summed E-state index contributed by atoms with van der Waals surface area (Å²) in [5, 5.41) is 8.21. The molecule has 8 nitrogen and oxygen atoms in total. The molecule has 0 heterocycles. The van der Waals surface area contributed by atoms with Gasteiger partial charge in [-0.25, -0.2) is 14.0 Å². The average molecular weight is 452 g/mol. The molecule has 3 aromatic carbocycles. The molecule has 0 aliphatic rings. The van der Waals surface area contributed by atoms with E-state index in [2.05, 4.69) is 16.0 Å². The van der Waals surface area contributed by atoms with Crippen LogP contribution in [0.4, 0.5) is 31.0 Å². The van der Waals surface area contributed by atoms with Crippen molar-refractivity contribution in [3.63, 3.8) is 0 Å². The van der Waals surface area contributed by atoms with Gasteiger partial charge in [-0.2, -0.15) is 0 Å². The first-order valence-electron chi connectivity index (χ1n) is 10.2. The molecule has 0 bridgehead atoms. The molecule has 0 unspecified atom stereocenters. The van der Waals surface area contributed by atoms with Crippen LogP contribution >= 0.6 is 0 Å². The van der Waals surface area contributed by atoms with E-state index in [1.165, 1.54) is 43.4 Å². The van der Waals surface area contributed by atoms with Crippen molar-refractivity contribution in [1.82, 2.24) is 5.32 Å². The topological polar surface area (TPSA) is 91.9 Å². The number of nitrogens with one attached hydrogen (secondary N) is 3. The highest BCUT2D eigenvalue weighted by Gasteiger charge is 2.17. The third-order valence-electron chi connectivity index (χ3n) is 4.68. The molecule has 3 rings (SSSR count). The zero-order valence-corrected chi connectivity index (χ0v) is 18.3. The fourth-order valence-corrected chi connectivity index (χ4v) is 3.06. The maximum atomic E-state index is 13.4. The highest BCUT2D eigenvalue weighted by Crippen LogP contribution is 2.23. The Morgan fingerprint density at radius 2 is 1.67 bits per heavy atom. The number of ether oxygens (including phenoxy) is 2. The molecule has 0 aliphatic carbocycles. The molecule has 9 heteroatoms. The Bertz CT molecular complexity index is 1090. The van der Waals surface area contributed by atoms with Gasteiger partial charge in [0.05, 0.1) is 19.9 Å². The van der Waals surface area contributed by atoms with Crippen molar-refractivity contribution in [2.24, 2.45) is 0 Å². The molecule has 0 saturated heterocycles. The summed E-state index contributed by atoms with van der Waals surface area (Å²) in [7, 11) is 3.05. The molecule has 0 atom stereocenters. The first kappa shape index (κ1) is 23.4. The number of hydrogen-bond acceptors (Lipinski definition) is 4. The van der Waals surface area contributed by atoms with E-state index >= 15 is 0 Å². The maximum Gasteiger partial charge on any atom is 0.326 e. The predicted octanol–water partition coefficient (Wildman–Crippen LogP) is 4.70. The van der Waals surface area contributed by atoms with Crippen LogP contribution in [0.3, 0.4) is 0 Å². The number of methoxy groups -OCH3 is 2. The van der Waals surface area contributed by atoms with E-state index in [4.69, 9.17) is 9.47 Å². The number of nitrogens with zero attached hydrogens (tertiary/aromatic N) is 1. The molecular weight excluding hydrogens is 427 g/mol. The number of carbonyl (C=O) groups is 2. The lowest BCUT2D eigenvalue weighted by Gasteiger charge is -2.23. The van der Waals surface area contributed by atoms with E-state index in [-0.39, 0.29) is 13.1 Å². The van der Waals surface area contributed by atoms with Crippen molar-refractivity contribution in [1.29, 1.82) is 0 Å². The van der Waals surface area contributed by atoms with Crippen molar-refractivity contribution >= 4 is 29.1 Å². The molecular formula is C24H25FN4O4. The van der Waals surface area contributed by atoms with Crippen molar-refractivity contribution in [2.75, 3.05) is 42.8 Å². The van der Waals surface area contributed by atoms with Gasteiger partial charge in [-0.15, -0.1) is 0 Å². The van der Waals surface area contributed by atoms with Crippen LogP contribution in [0.15, 0.2) is 72.8 Å². The summed E-state index contributed by atoms with van der Waals surface area (Å²) < 4.78 is 23.8. The van der Waals surface area contributed by atoms with Crippen LogP contribution in [0, 0.1) is 5.82 Å². The van der Waals surface area contributed by atoms with Crippen molar-refractivity contribution in [3.8, 4) is 11.5 Å². The van der Waals surface area contributed by atoms with Gasteiger partial charge >= 0.3 is 12.1 Å². The van der Waals surface area contributed by atoms with Crippen molar-refractivity contribution in [2.45, 2.75) is 0 Å². The van der Waals surface area contributed by atoms with Crippen LogP contribution in [0.2, 0.25) is 0 Å². The Kier molecular flexibility index (Phi) is 8.07. The normalized spacial score (nSPS) is 10.2. The summed E-state index contributed by atoms with van der Waals surface area (Å²) in [5.74, 6) is 0.704. The van der Waals surface area contributed by atoms with Crippen LogP contribution in [0.1, 0.15) is 0 Å². The molecule has 0 aromatic heterocycles. The molecule has 3 N–H and O–H groups in total. The van der Waals surface area contributed by atoms with Gasteiger partial charge in [-0.05, 0) is 48.5 Å². The third-order valence-corrected chi connectivity index (χ3v) is 4.68. The lowest BCUT2D eigenvalue weighted by atomic mass is 10.2. The van der Waals surface area contributed by atoms with E-state index in [1.807, 2.05) is 0 Å². The van der Waals surface area contributed by atoms with Gasteiger partial charge in [0.1, 0.15) is 17.3 Å². The summed E-state index contributed by atoms with van der Waals surface area (Å²) in [6.45, 7) is 0.282. The maximum absolute atomic E-state index is 13.4. The summed E-state index contributed by atoms with van der Waals surface area (Å²) in [6, 6.07) is 18.6. The Morgan fingerprint density at radius 3 is 2.39 bits per heavy atom. The largest absolute Gasteiger partial charge is 0.497 e. The Balaban J connectivity index is 1.66. The van der Waals surface area contributed by atoms with E-state index in [0.29, 0.717) is 28.6 Å². The second-order valence-electron chi connectivity index (χ2n) is 6.87. The number of para-hydroxylation sites is 2. The number of amides is 4. The van der Waals surface area contributed by atoms with Gasteiger partial charge < -0.3 is 25.4 Å². The van der Waals surface area contributed by atoms with Crippen LogP contribution < -0.4 is 30.3 Å². The number of benzene rings is 3.